The molecule has 1 aromatic carbocycles. The first-order valence-electron chi connectivity index (χ1n) is 6.71. The number of phenols is 1. The number of nitrogens with one attached hydrogen (secondary N) is 1. The van der Waals surface area contributed by atoms with E-state index in [1.807, 2.05) is 6.92 Å². The van der Waals surface area contributed by atoms with Crippen molar-refractivity contribution in [2.24, 2.45) is 5.92 Å². The van der Waals surface area contributed by atoms with E-state index < -0.39 is 0 Å². The van der Waals surface area contributed by atoms with Gasteiger partial charge in [-0.15, -0.1) is 0 Å². The third-order valence-corrected chi connectivity index (χ3v) is 4.49. The summed E-state index contributed by atoms with van der Waals surface area (Å²) in [6, 6.07) is 5.03. The number of alkyl halides is 1. The number of phenolic OH excluding ortho intramolecular Hbond substituents is 1. The minimum absolute atomic E-state index is 0.0248. The molecule has 0 aromatic heterocycles. The number of carbonyl (C=O) groups is 1. The van der Waals surface area contributed by atoms with Crippen LogP contribution >= 0.6 is 15.9 Å². The summed E-state index contributed by atoms with van der Waals surface area (Å²) >= 11 is 3.62. The Morgan fingerprint density at radius 2 is 2.00 bits per heavy atom. The molecule has 1 amide bonds. The van der Waals surface area contributed by atoms with Crippen LogP contribution in [0.3, 0.4) is 0 Å². The largest absolute Gasteiger partial charge is 0.507 e. The summed E-state index contributed by atoms with van der Waals surface area (Å²) in [6.45, 7) is 6.76. The third kappa shape index (κ3) is 4.53. The smallest absolute Gasteiger partial charge is 0.255 e. The molecule has 2 N–H and O–H groups in total. The molecular formula is C15H22BrNO2. The highest BCUT2D eigenvalue weighted by molar-refractivity contribution is 9.09. The Balaban J connectivity index is 2.63. The second-order valence-corrected chi connectivity index (χ2v) is 6.00. The van der Waals surface area contributed by atoms with Gasteiger partial charge >= 0.3 is 0 Å². The molecule has 0 heterocycles. The number of amides is 1. The van der Waals surface area contributed by atoms with Crippen LogP contribution in [0.1, 0.15) is 42.6 Å². The zero-order valence-electron chi connectivity index (χ0n) is 11.7. The highest BCUT2D eigenvalue weighted by Gasteiger charge is 2.17. The number of aryl methyl sites for hydroxylation is 1. The van der Waals surface area contributed by atoms with Gasteiger partial charge in [-0.1, -0.05) is 54.2 Å². The monoisotopic (exact) mass is 327 g/mol. The number of aromatic hydroxyl groups is 1. The van der Waals surface area contributed by atoms with Crippen molar-refractivity contribution < 1.29 is 9.90 Å². The normalized spacial score (nSPS) is 12.5. The molecule has 0 aliphatic rings. The molecule has 0 aliphatic carbocycles. The maximum Gasteiger partial charge on any atom is 0.255 e. The molecule has 1 unspecified atom stereocenters. The molecule has 3 nitrogen and oxygen atoms in total. The molecule has 106 valence electrons. The van der Waals surface area contributed by atoms with Gasteiger partial charge in [-0.05, 0) is 25.0 Å². The standard InChI is InChI=1S/C15H22BrNO2/c1-4-11(5-2)13(16)9-17-15(19)12-8-10(3)6-7-14(12)18/h6-8,11,13,18H,4-5,9H2,1-3H3,(H,17,19). The molecule has 0 saturated carbocycles. The predicted molar refractivity (Wildman–Crippen MR) is 82.0 cm³/mol. The SMILES string of the molecule is CCC(CC)C(Br)CNC(=O)c1cc(C)ccc1O. The highest BCUT2D eigenvalue weighted by atomic mass is 79.9. The first kappa shape index (κ1) is 16.0. The molecule has 0 saturated heterocycles. The molecule has 1 aromatic rings. The number of halogens is 1. The van der Waals surface area contributed by atoms with Gasteiger partial charge in [-0.2, -0.15) is 0 Å². The molecule has 0 spiro atoms. The lowest BCUT2D eigenvalue weighted by atomic mass is 9.99. The summed E-state index contributed by atoms with van der Waals surface area (Å²) in [5.74, 6) is 0.347. The molecular weight excluding hydrogens is 306 g/mol. The molecule has 1 atom stereocenters. The van der Waals surface area contributed by atoms with Gasteiger partial charge in [0.05, 0.1) is 5.56 Å². The van der Waals surface area contributed by atoms with E-state index in [0.29, 0.717) is 18.0 Å². The van der Waals surface area contributed by atoms with Crippen LogP contribution in [0, 0.1) is 12.8 Å². The van der Waals surface area contributed by atoms with Crippen molar-refractivity contribution in [3.8, 4) is 5.75 Å². The Bertz CT molecular complexity index is 430. The Morgan fingerprint density at radius 1 is 1.37 bits per heavy atom. The fourth-order valence-corrected chi connectivity index (χ4v) is 2.99. The van der Waals surface area contributed by atoms with Crippen LogP contribution in [-0.2, 0) is 0 Å². The molecule has 4 heteroatoms. The van der Waals surface area contributed by atoms with E-state index in [1.54, 1.807) is 18.2 Å². The Kier molecular flexibility index (Phi) is 6.35. The maximum atomic E-state index is 12.0. The minimum atomic E-state index is -0.225. The van der Waals surface area contributed by atoms with Crippen molar-refractivity contribution in [3.05, 3.63) is 29.3 Å². The van der Waals surface area contributed by atoms with Crippen molar-refractivity contribution in [3.63, 3.8) is 0 Å². The molecule has 0 radical (unpaired) electrons. The Hall–Kier alpha value is -1.03. The van der Waals surface area contributed by atoms with E-state index in [0.717, 1.165) is 18.4 Å². The second kappa shape index (κ2) is 7.53. The van der Waals surface area contributed by atoms with Crippen molar-refractivity contribution >= 4 is 21.8 Å². The van der Waals surface area contributed by atoms with E-state index in [1.165, 1.54) is 0 Å². The van der Waals surface area contributed by atoms with E-state index in [2.05, 4.69) is 35.1 Å². The van der Waals surface area contributed by atoms with Gasteiger partial charge in [-0.25, -0.2) is 0 Å². The number of rotatable bonds is 6. The zero-order valence-corrected chi connectivity index (χ0v) is 13.3. The van der Waals surface area contributed by atoms with Gasteiger partial charge in [0.2, 0.25) is 0 Å². The topological polar surface area (TPSA) is 49.3 Å². The summed E-state index contributed by atoms with van der Waals surface area (Å²) in [7, 11) is 0. The summed E-state index contributed by atoms with van der Waals surface area (Å²) in [4.78, 5) is 12.3. The van der Waals surface area contributed by atoms with Crippen molar-refractivity contribution in [1.29, 1.82) is 0 Å². The minimum Gasteiger partial charge on any atom is -0.507 e. The zero-order chi connectivity index (χ0) is 14.4. The van der Waals surface area contributed by atoms with Gasteiger partial charge in [0, 0.05) is 11.4 Å². The van der Waals surface area contributed by atoms with E-state index in [4.69, 9.17) is 0 Å². The quantitative estimate of drug-likeness (QED) is 0.784. The number of hydrogen-bond donors (Lipinski definition) is 2. The average Bonchev–Trinajstić information content (AvgIpc) is 2.40. The van der Waals surface area contributed by atoms with Crippen LogP contribution in [0.25, 0.3) is 0 Å². The van der Waals surface area contributed by atoms with Crippen molar-refractivity contribution in [2.75, 3.05) is 6.54 Å². The summed E-state index contributed by atoms with van der Waals surface area (Å²) in [5, 5.41) is 12.6. The van der Waals surface area contributed by atoms with Crippen LogP contribution < -0.4 is 5.32 Å². The maximum absolute atomic E-state index is 12.0. The lowest BCUT2D eigenvalue weighted by Crippen LogP contribution is -2.33. The summed E-state index contributed by atoms with van der Waals surface area (Å²) < 4.78 is 0. The van der Waals surface area contributed by atoms with Crippen LogP contribution in [-0.4, -0.2) is 22.4 Å². The van der Waals surface area contributed by atoms with Gasteiger partial charge < -0.3 is 10.4 Å². The lowest BCUT2D eigenvalue weighted by Gasteiger charge is -2.20. The number of hydrogen-bond acceptors (Lipinski definition) is 2. The molecule has 19 heavy (non-hydrogen) atoms. The second-order valence-electron chi connectivity index (χ2n) is 4.82. The van der Waals surface area contributed by atoms with Gasteiger partial charge in [0.25, 0.3) is 5.91 Å². The fraction of sp³-hybridized carbons (Fsp3) is 0.533. The number of benzene rings is 1. The molecule has 0 bridgehead atoms. The van der Waals surface area contributed by atoms with E-state index in [9.17, 15) is 9.90 Å². The average molecular weight is 328 g/mol. The Labute approximate surface area is 123 Å². The first-order chi connectivity index (χ1) is 8.99. The van der Waals surface area contributed by atoms with Crippen LogP contribution in [0.5, 0.6) is 5.75 Å². The van der Waals surface area contributed by atoms with E-state index in [-0.39, 0.29) is 16.5 Å². The van der Waals surface area contributed by atoms with Crippen LogP contribution in [0.4, 0.5) is 0 Å². The van der Waals surface area contributed by atoms with Gasteiger partial charge in [0.15, 0.2) is 0 Å². The molecule has 1 rings (SSSR count). The van der Waals surface area contributed by atoms with Crippen molar-refractivity contribution in [1.82, 2.24) is 5.32 Å². The molecule has 0 fully saturated rings. The van der Waals surface area contributed by atoms with Crippen LogP contribution in [0.2, 0.25) is 0 Å². The summed E-state index contributed by atoms with van der Waals surface area (Å²) in [5.41, 5.74) is 1.29. The lowest BCUT2D eigenvalue weighted by molar-refractivity contribution is 0.0949. The van der Waals surface area contributed by atoms with Crippen molar-refractivity contribution in [2.45, 2.75) is 38.4 Å². The Morgan fingerprint density at radius 3 is 2.58 bits per heavy atom. The van der Waals surface area contributed by atoms with Crippen LogP contribution in [0.15, 0.2) is 18.2 Å². The fourth-order valence-electron chi connectivity index (χ4n) is 2.08. The third-order valence-electron chi connectivity index (χ3n) is 3.41. The van der Waals surface area contributed by atoms with Gasteiger partial charge in [-0.3, -0.25) is 4.79 Å². The predicted octanol–water partition coefficient (Wildman–Crippen LogP) is 3.63. The highest BCUT2D eigenvalue weighted by Crippen LogP contribution is 2.21. The van der Waals surface area contributed by atoms with E-state index >= 15 is 0 Å². The first-order valence-corrected chi connectivity index (χ1v) is 7.63. The van der Waals surface area contributed by atoms with Gasteiger partial charge in [0.1, 0.15) is 5.75 Å². The number of carbonyl (C=O) groups excluding carboxylic acids is 1. The molecule has 0 aliphatic heterocycles. The summed E-state index contributed by atoms with van der Waals surface area (Å²) in [6.07, 6.45) is 2.16.